The highest BCUT2D eigenvalue weighted by atomic mass is 28.3. The van der Waals surface area contributed by atoms with Crippen LogP contribution in [0.25, 0.3) is 0 Å². The molecule has 1 saturated carbocycles. The van der Waals surface area contributed by atoms with E-state index >= 15 is 0 Å². The lowest BCUT2D eigenvalue weighted by atomic mass is 10.1. The average Bonchev–Trinajstić information content (AvgIpc) is 2.83. The van der Waals surface area contributed by atoms with Gasteiger partial charge in [-0.25, -0.2) is 0 Å². The fourth-order valence-corrected chi connectivity index (χ4v) is 4.03. The molecule has 0 aliphatic heterocycles. The van der Waals surface area contributed by atoms with Crippen LogP contribution >= 0.6 is 0 Å². The molecule has 1 aliphatic carbocycles. The summed E-state index contributed by atoms with van der Waals surface area (Å²) in [6.45, 7) is 7.37. The zero-order valence-corrected chi connectivity index (χ0v) is 9.62. The van der Waals surface area contributed by atoms with Crippen molar-refractivity contribution in [1.82, 2.24) is 0 Å². The Kier molecular flexibility index (Phi) is 1.99. The van der Waals surface area contributed by atoms with E-state index in [1.165, 1.54) is 5.56 Å². The van der Waals surface area contributed by atoms with Gasteiger partial charge in [0.15, 0.2) is 5.92 Å². The summed E-state index contributed by atoms with van der Waals surface area (Å²) in [7, 11) is -0.925. The van der Waals surface area contributed by atoms with Gasteiger partial charge in [0.05, 0.1) is 6.42 Å². The van der Waals surface area contributed by atoms with Crippen molar-refractivity contribution in [2.45, 2.75) is 31.1 Å². The molecule has 2 unspecified atom stereocenters. The third-order valence-corrected chi connectivity index (χ3v) is 5.40. The van der Waals surface area contributed by atoms with Crippen LogP contribution in [0.4, 0.5) is 0 Å². The van der Waals surface area contributed by atoms with Crippen molar-refractivity contribution in [2.75, 3.05) is 0 Å². The minimum absolute atomic E-state index is 0.771. The average molecular weight is 189 g/mol. The molecule has 2 rings (SSSR count). The Morgan fingerprint density at radius 3 is 2.15 bits per heavy atom. The van der Waals surface area contributed by atoms with E-state index in [4.69, 9.17) is 0 Å². The normalized spacial score (nSPS) is 26.7. The Hall–Kier alpha value is -0.693. The largest absolute Gasteiger partial charge is 0.162 e. The lowest BCUT2D eigenvalue weighted by molar-refractivity contribution is 1.12. The lowest BCUT2D eigenvalue weighted by Crippen LogP contribution is -2.20. The molecular formula is C12H17Si+. The second-order valence-corrected chi connectivity index (χ2v) is 10.4. The van der Waals surface area contributed by atoms with Gasteiger partial charge in [0, 0.05) is 5.56 Å². The molecule has 1 aromatic rings. The van der Waals surface area contributed by atoms with Gasteiger partial charge < -0.3 is 0 Å². The van der Waals surface area contributed by atoms with Gasteiger partial charge in [0.2, 0.25) is 0 Å². The zero-order valence-electron chi connectivity index (χ0n) is 8.62. The first-order valence-corrected chi connectivity index (χ1v) is 8.57. The highest BCUT2D eigenvalue weighted by molar-refractivity contribution is 6.79. The van der Waals surface area contributed by atoms with Crippen LogP contribution in [-0.4, -0.2) is 8.07 Å². The van der Waals surface area contributed by atoms with Crippen LogP contribution in [0.5, 0.6) is 0 Å². The van der Waals surface area contributed by atoms with E-state index in [1.807, 2.05) is 0 Å². The van der Waals surface area contributed by atoms with E-state index in [-0.39, 0.29) is 0 Å². The first-order chi connectivity index (χ1) is 6.09. The quantitative estimate of drug-likeness (QED) is 0.491. The van der Waals surface area contributed by atoms with Crippen LogP contribution in [0.3, 0.4) is 0 Å². The molecular weight excluding hydrogens is 172 g/mol. The van der Waals surface area contributed by atoms with Crippen molar-refractivity contribution in [2.24, 2.45) is 0 Å². The molecule has 0 bridgehead atoms. The third kappa shape index (κ3) is 1.80. The van der Waals surface area contributed by atoms with E-state index < -0.39 is 8.07 Å². The third-order valence-electron chi connectivity index (χ3n) is 2.85. The monoisotopic (exact) mass is 189 g/mol. The predicted molar refractivity (Wildman–Crippen MR) is 60.6 cm³/mol. The summed E-state index contributed by atoms with van der Waals surface area (Å²) in [6.07, 6.45) is 2.52. The molecule has 0 saturated heterocycles. The predicted octanol–water partition coefficient (Wildman–Crippen LogP) is 3.70. The van der Waals surface area contributed by atoms with E-state index in [1.54, 1.807) is 0 Å². The zero-order chi connectivity index (χ0) is 9.47. The minimum atomic E-state index is -0.925. The van der Waals surface area contributed by atoms with Crippen molar-refractivity contribution >= 4 is 8.07 Å². The van der Waals surface area contributed by atoms with Crippen LogP contribution in [0.15, 0.2) is 30.3 Å². The molecule has 1 aliphatic rings. The van der Waals surface area contributed by atoms with Crippen molar-refractivity contribution in [3.63, 3.8) is 0 Å². The van der Waals surface area contributed by atoms with Crippen molar-refractivity contribution in [3.8, 4) is 0 Å². The van der Waals surface area contributed by atoms with Crippen molar-refractivity contribution < 1.29 is 0 Å². The van der Waals surface area contributed by atoms with Crippen molar-refractivity contribution in [3.05, 3.63) is 42.3 Å². The lowest BCUT2D eigenvalue weighted by Gasteiger charge is -2.08. The Balaban J connectivity index is 2.09. The standard InChI is InChI=1S/C12H17Si/c1-13(2,3)12-9-11(12)10-7-5-4-6-8-10/h4-9,11-12H,1-3H3/q+1. The fraction of sp³-hybridized carbons (Fsp3) is 0.417. The first kappa shape index (κ1) is 8.89. The van der Waals surface area contributed by atoms with Crippen LogP contribution in [-0.2, 0) is 0 Å². The summed E-state index contributed by atoms with van der Waals surface area (Å²) in [5.74, 6) is 0.771. The van der Waals surface area contributed by atoms with Gasteiger partial charge in [-0.1, -0.05) is 50.0 Å². The molecule has 0 nitrogen and oxygen atoms in total. The maximum absolute atomic E-state index is 2.52. The smallest absolute Gasteiger partial charge is 0.0653 e. The van der Waals surface area contributed by atoms with Gasteiger partial charge >= 0.3 is 0 Å². The molecule has 1 fully saturated rings. The Morgan fingerprint density at radius 1 is 1.08 bits per heavy atom. The van der Waals surface area contributed by atoms with E-state index in [0.29, 0.717) is 0 Å². The number of benzene rings is 1. The first-order valence-electron chi connectivity index (χ1n) is 4.99. The topological polar surface area (TPSA) is 0 Å². The molecule has 0 aromatic heterocycles. The minimum Gasteiger partial charge on any atom is -0.0653 e. The number of rotatable bonds is 2. The van der Waals surface area contributed by atoms with Crippen LogP contribution in [0.2, 0.25) is 25.2 Å². The summed E-state index contributed by atoms with van der Waals surface area (Å²) in [5, 5.41) is 0. The van der Waals surface area contributed by atoms with E-state index in [2.05, 4.69) is 56.4 Å². The Morgan fingerprint density at radius 2 is 1.69 bits per heavy atom. The van der Waals surface area contributed by atoms with Gasteiger partial charge in [0.1, 0.15) is 13.6 Å². The molecule has 0 radical (unpaired) electrons. The second-order valence-electron chi connectivity index (χ2n) is 5.02. The molecule has 0 N–H and O–H groups in total. The van der Waals surface area contributed by atoms with Crippen LogP contribution < -0.4 is 0 Å². The molecule has 2 atom stereocenters. The van der Waals surface area contributed by atoms with E-state index in [9.17, 15) is 0 Å². The summed E-state index contributed by atoms with van der Waals surface area (Å²) >= 11 is 0. The summed E-state index contributed by atoms with van der Waals surface area (Å²) in [6, 6.07) is 10.9. The molecule has 0 spiro atoms. The SMILES string of the molecule is C[Si](C)(C)C1[CH+]C1c1ccccc1. The van der Waals surface area contributed by atoms with Gasteiger partial charge in [-0.2, -0.15) is 0 Å². The molecule has 0 amide bonds. The fourth-order valence-electron chi connectivity index (χ4n) is 1.98. The van der Waals surface area contributed by atoms with Gasteiger partial charge in [-0.15, -0.1) is 0 Å². The summed E-state index contributed by atoms with van der Waals surface area (Å²) in [5.41, 5.74) is 2.42. The van der Waals surface area contributed by atoms with Crippen LogP contribution in [0, 0.1) is 6.42 Å². The van der Waals surface area contributed by atoms with Crippen LogP contribution in [0.1, 0.15) is 11.5 Å². The number of hydrogen-bond acceptors (Lipinski definition) is 0. The molecule has 0 heterocycles. The molecule has 1 heteroatoms. The van der Waals surface area contributed by atoms with E-state index in [0.717, 1.165) is 11.5 Å². The molecule has 13 heavy (non-hydrogen) atoms. The Bertz CT molecular complexity index is 284. The maximum atomic E-state index is 2.52. The number of hydrogen-bond donors (Lipinski definition) is 0. The maximum Gasteiger partial charge on any atom is 0.162 e. The summed E-state index contributed by atoms with van der Waals surface area (Å²) in [4.78, 5) is 0. The summed E-state index contributed by atoms with van der Waals surface area (Å²) < 4.78 is 0. The highest BCUT2D eigenvalue weighted by Gasteiger charge is 2.58. The highest BCUT2D eigenvalue weighted by Crippen LogP contribution is 2.56. The molecule has 68 valence electrons. The van der Waals surface area contributed by atoms with Gasteiger partial charge in [-0.3, -0.25) is 0 Å². The van der Waals surface area contributed by atoms with Gasteiger partial charge in [-0.05, 0) is 0 Å². The van der Waals surface area contributed by atoms with Gasteiger partial charge in [0.25, 0.3) is 0 Å². The Labute approximate surface area is 82.0 Å². The second kappa shape index (κ2) is 2.91. The molecule has 1 aromatic carbocycles. The van der Waals surface area contributed by atoms with Crippen molar-refractivity contribution in [1.29, 1.82) is 0 Å².